The van der Waals surface area contributed by atoms with Gasteiger partial charge in [-0.05, 0) is 60.0 Å². The molecule has 0 unspecified atom stereocenters. The molecule has 0 atom stereocenters. The zero-order chi connectivity index (χ0) is 18.4. The van der Waals surface area contributed by atoms with Crippen LogP contribution in [-0.2, 0) is 9.53 Å². The molecule has 132 valence electrons. The average molecular weight is 328 g/mol. The molecule has 0 saturated carbocycles. The van der Waals surface area contributed by atoms with Gasteiger partial charge in [-0.15, -0.1) is 0 Å². The molecule has 24 heavy (non-hydrogen) atoms. The number of hydrogen-bond donors (Lipinski definition) is 0. The molecule has 0 aliphatic carbocycles. The Morgan fingerprint density at radius 1 is 0.917 bits per heavy atom. The van der Waals surface area contributed by atoms with Gasteiger partial charge in [-0.3, -0.25) is 0 Å². The molecule has 0 heterocycles. The van der Waals surface area contributed by atoms with Gasteiger partial charge in [0.2, 0.25) is 0 Å². The Kier molecular flexibility index (Phi) is 12.2. The van der Waals surface area contributed by atoms with Crippen molar-refractivity contribution < 1.29 is 9.53 Å². The standard InChI is InChI=1S/C22H32O2/c1-7-24-22(23)17-21(6)16-10-15-20(5)14-9-13-19(4)12-8-11-18(2)3/h9-11,13-17H,7-8,12H2,1-6H3/b14-9+,16-10+,19-13+,20-15+,21-17+. The molecular weight excluding hydrogens is 296 g/mol. The van der Waals surface area contributed by atoms with Crippen LogP contribution in [0.3, 0.4) is 0 Å². The predicted molar refractivity (Wildman–Crippen MR) is 105 cm³/mol. The molecule has 0 spiro atoms. The van der Waals surface area contributed by atoms with Gasteiger partial charge in [0.05, 0.1) is 6.61 Å². The Labute approximate surface area is 148 Å². The minimum absolute atomic E-state index is 0.297. The summed E-state index contributed by atoms with van der Waals surface area (Å²) in [6.45, 7) is 12.5. The predicted octanol–water partition coefficient (Wildman–Crippen LogP) is 6.25. The quantitative estimate of drug-likeness (QED) is 0.216. The maximum Gasteiger partial charge on any atom is 0.330 e. The van der Waals surface area contributed by atoms with Crippen LogP contribution < -0.4 is 0 Å². The Morgan fingerprint density at radius 2 is 1.54 bits per heavy atom. The molecule has 0 aliphatic rings. The second-order valence-electron chi connectivity index (χ2n) is 6.10. The van der Waals surface area contributed by atoms with Gasteiger partial charge in [-0.1, -0.05) is 59.3 Å². The van der Waals surface area contributed by atoms with E-state index in [0.29, 0.717) is 6.61 Å². The maximum atomic E-state index is 11.3. The van der Waals surface area contributed by atoms with Crippen LogP contribution in [0.15, 0.2) is 70.9 Å². The monoisotopic (exact) mass is 328 g/mol. The third-order valence-corrected chi connectivity index (χ3v) is 3.18. The normalized spacial score (nSPS) is 13.7. The van der Waals surface area contributed by atoms with Gasteiger partial charge >= 0.3 is 5.97 Å². The second kappa shape index (κ2) is 13.4. The van der Waals surface area contributed by atoms with Gasteiger partial charge in [0.1, 0.15) is 0 Å². The lowest BCUT2D eigenvalue weighted by Crippen LogP contribution is -1.99. The lowest BCUT2D eigenvalue weighted by Gasteiger charge is -1.97. The van der Waals surface area contributed by atoms with E-state index in [-0.39, 0.29) is 5.97 Å². The van der Waals surface area contributed by atoms with Crippen molar-refractivity contribution in [3.8, 4) is 0 Å². The molecule has 0 aromatic rings. The summed E-state index contributed by atoms with van der Waals surface area (Å²) >= 11 is 0. The fourth-order valence-electron chi connectivity index (χ4n) is 1.86. The molecule has 0 bridgehead atoms. The summed E-state index contributed by atoms with van der Waals surface area (Å²) in [6, 6.07) is 0. The number of carbonyl (C=O) groups is 1. The minimum atomic E-state index is -0.297. The molecule has 0 aromatic heterocycles. The highest BCUT2D eigenvalue weighted by molar-refractivity contribution is 5.83. The van der Waals surface area contributed by atoms with Crippen LogP contribution in [-0.4, -0.2) is 12.6 Å². The molecule has 0 fully saturated rings. The molecule has 2 heteroatoms. The Bertz CT molecular complexity index is 563. The lowest BCUT2D eigenvalue weighted by atomic mass is 10.1. The van der Waals surface area contributed by atoms with E-state index < -0.39 is 0 Å². The van der Waals surface area contributed by atoms with Gasteiger partial charge < -0.3 is 4.74 Å². The molecule has 0 rings (SSSR count). The summed E-state index contributed by atoms with van der Waals surface area (Å²) in [5.41, 5.74) is 4.77. The Balaban J connectivity index is 4.46. The van der Waals surface area contributed by atoms with Crippen LogP contribution >= 0.6 is 0 Å². The fourth-order valence-corrected chi connectivity index (χ4v) is 1.86. The van der Waals surface area contributed by atoms with Crippen LogP contribution in [0.5, 0.6) is 0 Å². The van der Waals surface area contributed by atoms with Gasteiger partial charge in [0.25, 0.3) is 0 Å². The van der Waals surface area contributed by atoms with Crippen molar-refractivity contribution >= 4 is 5.97 Å². The van der Waals surface area contributed by atoms with Gasteiger partial charge in [-0.25, -0.2) is 4.79 Å². The molecular formula is C22H32O2. The first-order valence-corrected chi connectivity index (χ1v) is 8.52. The van der Waals surface area contributed by atoms with E-state index in [1.165, 1.54) is 17.2 Å². The van der Waals surface area contributed by atoms with E-state index >= 15 is 0 Å². The summed E-state index contributed by atoms with van der Waals surface area (Å²) in [5, 5.41) is 0. The highest BCUT2D eigenvalue weighted by Crippen LogP contribution is 2.07. The van der Waals surface area contributed by atoms with Gasteiger partial charge in [-0.2, -0.15) is 0 Å². The largest absolute Gasteiger partial charge is 0.463 e. The maximum absolute atomic E-state index is 11.3. The summed E-state index contributed by atoms with van der Waals surface area (Å²) < 4.78 is 4.87. The van der Waals surface area contributed by atoms with E-state index in [1.54, 1.807) is 6.92 Å². The summed E-state index contributed by atoms with van der Waals surface area (Å²) in [5.74, 6) is -0.297. The van der Waals surface area contributed by atoms with Crippen LogP contribution in [0.1, 0.15) is 54.4 Å². The zero-order valence-electron chi connectivity index (χ0n) is 16.1. The van der Waals surface area contributed by atoms with Crippen LogP contribution in [0.2, 0.25) is 0 Å². The average Bonchev–Trinajstić information content (AvgIpc) is 2.46. The molecule has 0 N–H and O–H groups in total. The second-order valence-corrected chi connectivity index (χ2v) is 6.10. The van der Waals surface area contributed by atoms with Crippen LogP contribution in [0.4, 0.5) is 0 Å². The van der Waals surface area contributed by atoms with Gasteiger partial charge in [0.15, 0.2) is 0 Å². The third kappa shape index (κ3) is 13.6. The van der Waals surface area contributed by atoms with E-state index in [1.807, 2.05) is 25.2 Å². The van der Waals surface area contributed by atoms with Crippen molar-refractivity contribution in [1.29, 1.82) is 0 Å². The van der Waals surface area contributed by atoms with E-state index in [9.17, 15) is 4.79 Å². The Morgan fingerprint density at radius 3 is 2.17 bits per heavy atom. The van der Waals surface area contributed by atoms with E-state index in [2.05, 4.69) is 52.0 Å². The number of rotatable bonds is 9. The lowest BCUT2D eigenvalue weighted by molar-refractivity contribution is -0.137. The number of hydrogen-bond acceptors (Lipinski definition) is 2. The zero-order valence-corrected chi connectivity index (χ0v) is 16.1. The van der Waals surface area contributed by atoms with Crippen molar-refractivity contribution in [3.05, 3.63) is 70.9 Å². The highest BCUT2D eigenvalue weighted by Gasteiger charge is 1.94. The third-order valence-electron chi connectivity index (χ3n) is 3.18. The topological polar surface area (TPSA) is 26.3 Å². The van der Waals surface area contributed by atoms with Crippen molar-refractivity contribution in [2.24, 2.45) is 0 Å². The first-order valence-electron chi connectivity index (χ1n) is 8.52. The first-order chi connectivity index (χ1) is 11.3. The fraction of sp³-hybridized carbons (Fsp3) is 0.409. The summed E-state index contributed by atoms with van der Waals surface area (Å²) in [6.07, 6.45) is 18.1. The Hall–Kier alpha value is -2.09. The minimum Gasteiger partial charge on any atom is -0.463 e. The summed E-state index contributed by atoms with van der Waals surface area (Å²) in [7, 11) is 0. The van der Waals surface area contributed by atoms with Crippen molar-refractivity contribution in [2.45, 2.75) is 54.4 Å². The van der Waals surface area contributed by atoms with E-state index in [0.717, 1.165) is 24.0 Å². The molecule has 0 saturated heterocycles. The SMILES string of the molecule is CCOC(=O)/C=C(C)/C=C/C=C(C)/C=C/C=C(\C)CCC=C(C)C. The van der Waals surface area contributed by atoms with Crippen molar-refractivity contribution in [1.82, 2.24) is 0 Å². The molecule has 0 aliphatic heterocycles. The highest BCUT2D eigenvalue weighted by atomic mass is 16.5. The molecule has 0 amide bonds. The first kappa shape index (κ1) is 21.9. The van der Waals surface area contributed by atoms with Gasteiger partial charge in [0, 0.05) is 6.08 Å². The molecule has 0 aromatic carbocycles. The number of carbonyl (C=O) groups excluding carboxylic acids is 1. The van der Waals surface area contributed by atoms with Crippen LogP contribution in [0.25, 0.3) is 0 Å². The van der Waals surface area contributed by atoms with Crippen LogP contribution in [0, 0.1) is 0 Å². The summed E-state index contributed by atoms with van der Waals surface area (Å²) in [4.78, 5) is 11.3. The molecule has 0 radical (unpaired) electrons. The van der Waals surface area contributed by atoms with Crippen molar-refractivity contribution in [2.75, 3.05) is 6.61 Å². The van der Waals surface area contributed by atoms with Crippen molar-refractivity contribution in [3.63, 3.8) is 0 Å². The smallest absolute Gasteiger partial charge is 0.330 e. The number of allylic oxidation sites excluding steroid dienone is 11. The van der Waals surface area contributed by atoms with E-state index in [4.69, 9.17) is 4.74 Å². The molecule has 2 nitrogen and oxygen atoms in total. The number of esters is 1. The number of ether oxygens (including phenoxy) is 1.